The Morgan fingerprint density at radius 2 is 1.66 bits per heavy atom. The van der Waals surface area contributed by atoms with Gasteiger partial charge in [0.2, 0.25) is 5.96 Å². The van der Waals surface area contributed by atoms with Crippen molar-refractivity contribution in [2.24, 2.45) is 9.98 Å². The molecule has 1 atom stereocenters. The van der Waals surface area contributed by atoms with Gasteiger partial charge in [-0.2, -0.15) is 4.99 Å². The van der Waals surface area contributed by atoms with Gasteiger partial charge in [-0.1, -0.05) is 0 Å². The third-order valence-electron chi connectivity index (χ3n) is 4.29. The van der Waals surface area contributed by atoms with Gasteiger partial charge in [-0.15, -0.1) is 0 Å². The first-order valence-electron chi connectivity index (χ1n) is 10.3. The largest absolute Gasteiger partial charge is 0.464 e. The molecule has 0 saturated heterocycles. The van der Waals surface area contributed by atoms with Gasteiger partial charge in [-0.25, -0.2) is 19.4 Å². The Bertz CT molecular complexity index is 912. The van der Waals surface area contributed by atoms with Crippen molar-refractivity contribution in [3.05, 3.63) is 23.7 Å². The Morgan fingerprint density at radius 3 is 2.22 bits per heavy atom. The van der Waals surface area contributed by atoms with Crippen molar-refractivity contribution in [1.82, 2.24) is 9.80 Å². The second kappa shape index (κ2) is 10.2. The van der Waals surface area contributed by atoms with Crippen LogP contribution >= 0.6 is 0 Å². The lowest BCUT2D eigenvalue weighted by atomic mass is 9.99. The predicted molar refractivity (Wildman–Crippen MR) is 114 cm³/mol. The number of ether oxygens (including phenoxy) is 3. The lowest BCUT2D eigenvalue weighted by Gasteiger charge is -2.40. The van der Waals surface area contributed by atoms with Crippen LogP contribution in [0.4, 0.5) is 0 Å². The summed E-state index contributed by atoms with van der Waals surface area (Å²) in [6, 6.07) is -1.33. The van der Waals surface area contributed by atoms with E-state index in [9.17, 15) is 19.2 Å². The molecule has 11 heteroatoms. The number of guanidine groups is 1. The van der Waals surface area contributed by atoms with E-state index in [2.05, 4.69) is 9.98 Å². The molecule has 1 unspecified atom stereocenters. The van der Waals surface area contributed by atoms with Gasteiger partial charge in [0.15, 0.2) is 11.9 Å². The smallest absolute Gasteiger partial charge is 0.397 e. The second-order valence-electron chi connectivity index (χ2n) is 7.58. The molecule has 0 bridgehead atoms. The maximum Gasteiger partial charge on any atom is 0.397 e. The summed E-state index contributed by atoms with van der Waals surface area (Å²) >= 11 is 0. The minimum atomic E-state index is -1.33. The van der Waals surface area contributed by atoms with Crippen molar-refractivity contribution in [3.8, 4) is 0 Å². The first kappa shape index (κ1) is 24.8. The van der Waals surface area contributed by atoms with Crippen molar-refractivity contribution in [2.45, 2.75) is 53.1 Å². The van der Waals surface area contributed by atoms with Crippen LogP contribution in [0.15, 0.2) is 33.7 Å². The summed E-state index contributed by atoms with van der Waals surface area (Å²) in [6.45, 7) is 9.78. The Kier molecular flexibility index (Phi) is 7.90. The molecule has 2 aliphatic rings. The van der Waals surface area contributed by atoms with E-state index in [1.807, 2.05) is 0 Å². The number of esters is 3. The Labute approximate surface area is 186 Å². The summed E-state index contributed by atoms with van der Waals surface area (Å²) < 4.78 is 15.2. The number of nitrogens with zero attached hydrogens (tertiary/aromatic N) is 4. The van der Waals surface area contributed by atoms with Gasteiger partial charge in [-0.05, 0) is 47.6 Å². The van der Waals surface area contributed by atoms with Crippen molar-refractivity contribution in [2.75, 3.05) is 19.8 Å². The van der Waals surface area contributed by atoms with Crippen molar-refractivity contribution >= 4 is 36.0 Å². The lowest BCUT2D eigenvalue weighted by molar-refractivity contribution is -0.161. The average Bonchev–Trinajstić information content (AvgIpc) is 2.72. The lowest BCUT2D eigenvalue weighted by Crippen LogP contribution is -2.54. The van der Waals surface area contributed by atoms with Crippen molar-refractivity contribution < 1.29 is 33.4 Å². The number of hydrogen-bond donors (Lipinski definition) is 0. The molecular formula is C21H28N4O7. The number of carbonyl (C=O) groups excluding carboxylic acids is 4. The van der Waals surface area contributed by atoms with E-state index in [1.54, 1.807) is 47.6 Å². The first-order chi connectivity index (χ1) is 15.1. The molecule has 0 fully saturated rings. The van der Waals surface area contributed by atoms with E-state index in [-0.39, 0.29) is 37.2 Å². The molecule has 1 amide bonds. The molecule has 0 spiro atoms. The van der Waals surface area contributed by atoms with Crippen LogP contribution in [0.2, 0.25) is 0 Å². The second-order valence-corrected chi connectivity index (χ2v) is 7.58. The molecule has 0 aliphatic carbocycles. The van der Waals surface area contributed by atoms with Gasteiger partial charge in [0.1, 0.15) is 5.57 Å². The minimum absolute atomic E-state index is 0.0110. The fraction of sp³-hybridized carbons (Fsp3) is 0.524. The zero-order chi connectivity index (χ0) is 24.1. The van der Waals surface area contributed by atoms with E-state index in [4.69, 9.17) is 14.2 Å². The van der Waals surface area contributed by atoms with E-state index >= 15 is 0 Å². The molecule has 0 N–H and O–H groups in total. The van der Waals surface area contributed by atoms with Gasteiger partial charge < -0.3 is 14.2 Å². The zero-order valence-electron chi connectivity index (χ0n) is 19.1. The number of fused-ring (bicyclic) bond motifs is 1. The molecule has 0 aromatic heterocycles. The highest BCUT2D eigenvalue weighted by molar-refractivity contribution is 6.33. The molecule has 32 heavy (non-hydrogen) atoms. The fourth-order valence-corrected chi connectivity index (χ4v) is 3.12. The highest BCUT2D eigenvalue weighted by Gasteiger charge is 2.47. The van der Waals surface area contributed by atoms with Crippen LogP contribution in [0.3, 0.4) is 0 Å². The maximum atomic E-state index is 13.1. The highest BCUT2D eigenvalue weighted by atomic mass is 16.5. The normalized spacial score (nSPS) is 17.4. The summed E-state index contributed by atoms with van der Waals surface area (Å²) in [5, 5.41) is 0. The van der Waals surface area contributed by atoms with Crippen LogP contribution in [0.1, 0.15) is 41.5 Å². The fourth-order valence-electron chi connectivity index (χ4n) is 3.12. The van der Waals surface area contributed by atoms with Crippen LogP contribution < -0.4 is 0 Å². The summed E-state index contributed by atoms with van der Waals surface area (Å²) in [6.07, 6.45) is 4.52. The molecule has 2 aliphatic heterocycles. The third-order valence-corrected chi connectivity index (χ3v) is 4.29. The number of aliphatic imine (C=N–C) groups is 2. The predicted octanol–water partition coefficient (Wildman–Crippen LogP) is 1.15. The standard InChI is InChI=1S/C21H28N4O7/c1-7-30-17(27)13-14(18(28)31-8-2)24-12-10-11-22-20(24)23-15(13)25(21(4,5)6)16(26)19(29)32-9-3/h10-12,14H,7-9H2,1-6H3. The van der Waals surface area contributed by atoms with E-state index < -0.39 is 35.4 Å². The molecule has 2 heterocycles. The Morgan fingerprint density at radius 1 is 1.03 bits per heavy atom. The molecule has 0 aromatic rings. The van der Waals surface area contributed by atoms with Crippen LogP contribution in [0.25, 0.3) is 0 Å². The number of rotatable bonds is 6. The molecule has 2 rings (SSSR count). The average molecular weight is 448 g/mol. The van der Waals surface area contributed by atoms with Crippen LogP contribution in [-0.2, 0) is 33.4 Å². The van der Waals surface area contributed by atoms with E-state index in [1.165, 1.54) is 17.3 Å². The van der Waals surface area contributed by atoms with Gasteiger partial charge in [0, 0.05) is 18.0 Å². The number of carbonyl (C=O) groups is 4. The molecule has 11 nitrogen and oxygen atoms in total. The third kappa shape index (κ3) is 5.04. The minimum Gasteiger partial charge on any atom is -0.464 e. The van der Waals surface area contributed by atoms with Gasteiger partial charge in [-0.3, -0.25) is 14.6 Å². The molecule has 174 valence electrons. The van der Waals surface area contributed by atoms with Crippen LogP contribution in [0.5, 0.6) is 0 Å². The number of amides is 1. The Balaban J connectivity index is 2.82. The number of hydrogen-bond acceptors (Lipinski definition) is 10. The Hall–Kier alpha value is -3.50. The molecule has 0 radical (unpaired) electrons. The van der Waals surface area contributed by atoms with E-state index in [0.29, 0.717) is 0 Å². The molecule has 0 saturated carbocycles. The van der Waals surface area contributed by atoms with Crippen LogP contribution in [-0.4, -0.2) is 77.2 Å². The van der Waals surface area contributed by atoms with Crippen molar-refractivity contribution in [3.63, 3.8) is 0 Å². The summed E-state index contributed by atoms with van der Waals surface area (Å²) in [5.74, 6) is -4.01. The van der Waals surface area contributed by atoms with Crippen molar-refractivity contribution in [1.29, 1.82) is 0 Å². The molecular weight excluding hydrogens is 420 g/mol. The zero-order valence-corrected chi connectivity index (χ0v) is 19.1. The summed E-state index contributed by atoms with van der Waals surface area (Å²) in [5.41, 5.74) is -1.28. The van der Waals surface area contributed by atoms with E-state index in [0.717, 1.165) is 4.90 Å². The van der Waals surface area contributed by atoms with Gasteiger partial charge in [0.25, 0.3) is 0 Å². The van der Waals surface area contributed by atoms with Gasteiger partial charge in [0.05, 0.1) is 19.8 Å². The summed E-state index contributed by atoms with van der Waals surface area (Å²) in [4.78, 5) is 62.3. The van der Waals surface area contributed by atoms with Crippen LogP contribution in [0, 0.1) is 0 Å². The SMILES string of the molecule is CCOC(=O)C(=O)N(C1=C(C(=O)OCC)C(C(=O)OCC)N2C=CC=NC2=N1)C(C)(C)C. The topological polar surface area (TPSA) is 127 Å². The molecule has 0 aromatic carbocycles. The highest BCUT2D eigenvalue weighted by Crippen LogP contribution is 2.33. The first-order valence-corrected chi connectivity index (χ1v) is 10.3. The van der Waals surface area contributed by atoms with Gasteiger partial charge >= 0.3 is 23.8 Å². The quantitative estimate of drug-likeness (QED) is 0.336. The maximum absolute atomic E-state index is 13.1. The number of allylic oxidation sites excluding steroid dienone is 1. The monoisotopic (exact) mass is 448 g/mol. The summed E-state index contributed by atoms with van der Waals surface area (Å²) in [7, 11) is 0.